The Morgan fingerprint density at radius 1 is 1.07 bits per heavy atom. The summed E-state index contributed by atoms with van der Waals surface area (Å²) in [5.74, 6) is 0.256. The molecule has 1 unspecified atom stereocenters. The average Bonchev–Trinajstić information content (AvgIpc) is 2.63. The van der Waals surface area contributed by atoms with E-state index in [-0.39, 0.29) is 0 Å². The highest BCUT2D eigenvalue weighted by Crippen LogP contribution is 2.30. The lowest BCUT2D eigenvalue weighted by molar-refractivity contribution is -0.155. The van der Waals surface area contributed by atoms with Gasteiger partial charge in [-0.05, 0) is 50.2 Å². The van der Waals surface area contributed by atoms with Crippen LogP contribution in [0, 0.1) is 0 Å². The SMILES string of the molecule is CCOc1ccc(Oc2ccccc2NC(=O)NCC(C)(O)C(=O)O)cc1. The molecule has 0 fully saturated rings. The molecule has 0 aliphatic heterocycles. The molecule has 0 saturated carbocycles. The number of carbonyl (C=O) groups is 2. The maximum absolute atomic E-state index is 12.0. The zero-order valence-electron chi connectivity index (χ0n) is 15.1. The molecule has 0 aromatic heterocycles. The van der Waals surface area contributed by atoms with E-state index in [1.165, 1.54) is 0 Å². The van der Waals surface area contributed by atoms with E-state index in [1.54, 1.807) is 48.5 Å². The Morgan fingerprint density at radius 3 is 2.33 bits per heavy atom. The number of anilines is 1. The number of nitrogens with one attached hydrogen (secondary N) is 2. The highest BCUT2D eigenvalue weighted by atomic mass is 16.5. The number of amides is 2. The second-order valence-corrected chi connectivity index (χ2v) is 5.89. The smallest absolute Gasteiger partial charge is 0.337 e. The van der Waals surface area contributed by atoms with Crippen LogP contribution < -0.4 is 20.1 Å². The van der Waals surface area contributed by atoms with E-state index in [0.29, 0.717) is 23.8 Å². The van der Waals surface area contributed by atoms with Gasteiger partial charge in [0, 0.05) is 0 Å². The van der Waals surface area contributed by atoms with Crippen LogP contribution >= 0.6 is 0 Å². The molecule has 1 atom stereocenters. The molecule has 0 spiro atoms. The van der Waals surface area contributed by atoms with Crippen molar-refractivity contribution in [2.75, 3.05) is 18.5 Å². The highest BCUT2D eigenvalue weighted by molar-refractivity contribution is 5.91. The molecular weight excluding hydrogens is 352 g/mol. The maximum Gasteiger partial charge on any atom is 0.337 e. The van der Waals surface area contributed by atoms with E-state index in [2.05, 4.69) is 10.6 Å². The van der Waals surface area contributed by atoms with Gasteiger partial charge >= 0.3 is 12.0 Å². The van der Waals surface area contributed by atoms with Crippen LogP contribution in [0.3, 0.4) is 0 Å². The van der Waals surface area contributed by atoms with Crippen molar-refractivity contribution in [2.45, 2.75) is 19.4 Å². The summed E-state index contributed by atoms with van der Waals surface area (Å²) < 4.78 is 11.2. The molecule has 2 aromatic rings. The number of ether oxygens (including phenoxy) is 2. The van der Waals surface area contributed by atoms with Gasteiger partial charge in [0.05, 0.1) is 18.8 Å². The number of carboxylic acids is 1. The van der Waals surface area contributed by atoms with Gasteiger partial charge in [0.15, 0.2) is 11.4 Å². The van der Waals surface area contributed by atoms with Gasteiger partial charge in [-0.2, -0.15) is 0 Å². The average molecular weight is 374 g/mol. The minimum Gasteiger partial charge on any atom is -0.494 e. The molecule has 8 heteroatoms. The lowest BCUT2D eigenvalue weighted by Crippen LogP contribution is -2.47. The number of aliphatic hydroxyl groups is 1. The molecule has 0 saturated heterocycles. The Bertz CT molecular complexity index is 789. The van der Waals surface area contributed by atoms with Crippen molar-refractivity contribution in [2.24, 2.45) is 0 Å². The molecule has 0 aliphatic rings. The number of urea groups is 1. The third-order valence-electron chi connectivity index (χ3n) is 3.55. The fourth-order valence-electron chi connectivity index (χ4n) is 2.05. The highest BCUT2D eigenvalue weighted by Gasteiger charge is 2.30. The molecule has 27 heavy (non-hydrogen) atoms. The summed E-state index contributed by atoms with van der Waals surface area (Å²) in [5.41, 5.74) is -1.67. The first kappa shape index (κ1) is 20.1. The summed E-state index contributed by atoms with van der Waals surface area (Å²) in [6, 6.07) is 13.1. The minimum atomic E-state index is -2.06. The Kier molecular flexibility index (Phi) is 6.62. The van der Waals surface area contributed by atoms with E-state index in [4.69, 9.17) is 14.6 Å². The van der Waals surface area contributed by atoms with Crippen LogP contribution in [0.5, 0.6) is 17.2 Å². The van der Waals surface area contributed by atoms with Crippen molar-refractivity contribution in [1.82, 2.24) is 5.32 Å². The topological polar surface area (TPSA) is 117 Å². The third kappa shape index (κ3) is 5.89. The standard InChI is InChI=1S/C19H22N2O6/c1-3-26-13-8-10-14(11-9-13)27-16-7-5-4-6-15(16)21-18(24)20-12-19(2,25)17(22)23/h4-11,25H,3,12H2,1-2H3,(H,22,23)(H2,20,21,24). The van der Waals surface area contributed by atoms with Crippen LogP contribution in [0.1, 0.15) is 13.8 Å². The molecule has 2 amide bonds. The molecule has 144 valence electrons. The number of benzene rings is 2. The summed E-state index contributed by atoms with van der Waals surface area (Å²) in [5, 5.41) is 23.4. The molecular formula is C19H22N2O6. The van der Waals surface area contributed by atoms with Crippen molar-refractivity contribution in [1.29, 1.82) is 0 Å². The van der Waals surface area contributed by atoms with Gasteiger partial charge in [-0.1, -0.05) is 12.1 Å². The summed E-state index contributed by atoms with van der Waals surface area (Å²) >= 11 is 0. The number of hydrogen-bond donors (Lipinski definition) is 4. The van der Waals surface area contributed by atoms with Crippen LogP contribution in [0.2, 0.25) is 0 Å². The Morgan fingerprint density at radius 2 is 1.70 bits per heavy atom. The van der Waals surface area contributed by atoms with Crippen molar-refractivity contribution < 1.29 is 29.3 Å². The maximum atomic E-state index is 12.0. The van der Waals surface area contributed by atoms with Crippen molar-refractivity contribution in [3.05, 3.63) is 48.5 Å². The van der Waals surface area contributed by atoms with Crippen LogP contribution in [-0.2, 0) is 4.79 Å². The van der Waals surface area contributed by atoms with E-state index in [1.807, 2.05) is 6.92 Å². The van der Waals surface area contributed by atoms with E-state index in [0.717, 1.165) is 12.7 Å². The zero-order valence-corrected chi connectivity index (χ0v) is 15.1. The van der Waals surface area contributed by atoms with E-state index < -0.39 is 24.1 Å². The van der Waals surface area contributed by atoms with Crippen LogP contribution in [0.15, 0.2) is 48.5 Å². The van der Waals surface area contributed by atoms with Gasteiger partial charge in [0.25, 0.3) is 0 Å². The predicted octanol–water partition coefficient (Wildman–Crippen LogP) is 2.83. The number of aliphatic carboxylic acids is 1. The first-order chi connectivity index (χ1) is 12.8. The molecule has 0 heterocycles. The summed E-state index contributed by atoms with van der Waals surface area (Å²) in [7, 11) is 0. The van der Waals surface area contributed by atoms with Gasteiger partial charge in [0.2, 0.25) is 0 Å². The normalized spacial score (nSPS) is 12.6. The Hall–Kier alpha value is -3.26. The van der Waals surface area contributed by atoms with Gasteiger partial charge in [-0.25, -0.2) is 9.59 Å². The molecule has 2 rings (SSSR count). The fraction of sp³-hybridized carbons (Fsp3) is 0.263. The molecule has 0 radical (unpaired) electrons. The zero-order chi connectivity index (χ0) is 19.9. The lowest BCUT2D eigenvalue weighted by Gasteiger charge is -2.19. The molecule has 8 nitrogen and oxygen atoms in total. The Labute approximate surface area is 156 Å². The van der Waals surface area contributed by atoms with Crippen molar-refractivity contribution >= 4 is 17.7 Å². The van der Waals surface area contributed by atoms with Crippen molar-refractivity contribution in [3.8, 4) is 17.2 Å². The third-order valence-corrected chi connectivity index (χ3v) is 3.55. The monoisotopic (exact) mass is 374 g/mol. The van der Waals surface area contributed by atoms with Crippen molar-refractivity contribution in [3.63, 3.8) is 0 Å². The molecule has 0 bridgehead atoms. The lowest BCUT2D eigenvalue weighted by atomic mass is 10.1. The molecule has 4 N–H and O–H groups in total. The summed E-state index contributed by atoms with van der Waals surface area (Å²) in [6.07, 6.45) is 0. The van der Waals surface area contributed by atoms with Crippen LogP contribution in [0.25, 0.3) is 0 Å². The molecule has 2 aromatic carbocycles. The summed E-state index contributed by atoms with van der Waals surface area (Å²) in [4.78, 5) is 22.9. The number of rotatable bonds is 8. The second kappa shape index (κ2) is 8.91. The minimum absolute atomic E-state index is 0.388. The van der Waals surface area contributed by atoms with E-state index >= 15 is 0 Å². The molecule has 0 aliphatic carbocycles. The van der Waals surface area contributed by atoms with Gasteiger partial charge in [-0.3, -0.25) is 0 Å². The fourth-order valence-corrected chi connectivity index (χ4v) is 2.05. The number of carboxylic acid groups (broad SMARTS) is 1. The van der Waals surface area contributed by atoms with Gasteiger partial charge in [-0.15, -0.1) is 0 Å². The van der Waals surface area contributed by atoms with Crippen LogP contribution in [0.4, 0.5) is 10.5 Å². The quantitative estimate of drug-likeness (QED) is 0.564. The Balaban J connectivity index is 2.02. The number of carbonyl (C=O) groups excluding carboxylic acids is 1. The number of para-hydroxylation sites is 2. The number of hydrogen-bond acceptors (Lipinski definition) is 5. The second-order valence-electron chi connectivity index (χ2n) is 5.89. The first-order valence-corrected chi connectivity index (χ1v) is 8.32. The van der Waals surface area contributed by atoms with Gasteiger partial charge < -0.3 is 30.3 Å². The predicted molar refractivity (Wildman–Crippen MR) is 99.4 cm³/mol. The van der Waals surface area contributed by atoms with E-state index in [9.17, 15) is 14.7 Å². The summed E-state index contributed by atoms with van der Waals surface area (Å²) in [6.45, 7) is 3.11. The van der Waals surface area contributed by atoms with Gasteiger partial charge in [0.1, 0.15) is 11.5 Å². The van der Waals surface area contributed by atoms with Crippen LogP contribution in [-0.4, -0.2) is 41.0 Å². The largest absolute Gasteiger partial charge is 0.494 e. The first-order valence-electron chi connectivity index (χ1n) is 8.32.